The second kappa shape index (κ2) is 13.1. The van der Waals surface area contributed by atoms with Gasteiger partial charge in [-0.05, 0) is 99.2 Å². The molecule has 0 aromatic rings. The van der Waals surface area contributed by atoms with E-state index in [0.29, 0.717) is 59.9 Å². The maximum atomic E-state index is 11.8. The van der Waals surface area contributed by atoms with E-state index < -0.39 is 6.16 Å². The largest absolute Gasteiger partial charge is 0.506 e. The van der Waals surface area contributed by atoms with E-state index in [1.807, 2.05) is 0 Å². The summed E-state index contributed by atoms with van der Waals surface area (Å²) < 4.78 is 5.64. The molecule has 4 aliphatic carbocycles. The molecule has 5 saturated heterocycles. The number of hydrogen-bond donors (Lipinski definition) is 9. The van der Waals surface area contributed by atoms with Gasteiger partial charge in [0.1, 0.15) is 6.10 Å². The predicted octanol–water partition coefficient (Wildman–Crippen LogP) is 2.28. The van der Waals surface area contributed by atoms with E-state index in [-0.39, 0.29) is 59.6 Å². The van der Waals surface area contributed by atoms with Crippen molar-refractivity contribution in [3.8, 4) is 0 Å². The quantitative estimate of drug-likeness (QED) is 0.190. The summed E-state index contributed by atoms with van der Waals surface area (Å²) in [5.41, 5.74) is 0. The van der Waals surface area contributed by atoms with E-state index >= 15 is 0 Å². The maximum absolute atomic E-state index is 11.8. The summed E-state index contributed by atoms with van der Waals surface area (Å²) >= 11 is 0. The second-order valence-corrected chi connectivity index (χ2v) is 16.1. The molecule has 9 fully saturated rings. The predicted molar refractivity (Wildman–Crippen MR) is 165 cm³/mol. The third kappa shape index (κ3) is 5.70. The zero-order valence-corrected chi connectivity index (χ0v) is 27.6. The molecule has 1 radical (unpaired) electrons. The van der Waals surface area contributed by atoms with Crippen LogP contribution in [0.1, 0.15) is 96.3 Å². The second-order valence-electron chi connectivity index (χ2n) is 16.1. The van der Waals surface area contributed by atoms with Crippen LogP contribution in [0.15, 0.2) is 0 Å². The maximum Gasteiger partial charge on any atom is 0.506 e. The Morgan fingerprint density at radius 1 is 0.422 bits per heavy atom. The van der Waals surface area contributed by atoms with Crippen LogP contribution < -0.4 is 42.5 Å². The van der Waals surface area contributed by atoms with Gasteiger partial charge in [0, 0.05) is 22.7 Å². The van der Waals surface area contributed by atoms with Crippen LogP contribution >= 0.6 is 0 Å². The van der Waals surface area contributed by atoms with E-state index in [0.717, 1.165) is 19.3 Å². The van der Waals surface area contributed by atoms with Crippen LogP contribution in [0.25, 0.3) is 0 Å². The summed E-state index contributed by atoms with van der Waals surface area (Å²) in [6.07, 6.45) is 19.0. The van der Waals surface area contributed by atoms with E-state index in [9.17, 15) is 9.90 Å². The average molecular weight is 672 g/mol. The molecule has 0 amide bonds. The first-order chi connectivity index (χ1) is 21.6. The number of nitrogens with one attached hydrogen (secondary N) is 8. The number of carbonyl (C=O) groups is 1. The van der Waals surface area contributed by atoms with E-state index in [1.54, 1.807) is 0 Å². The first kappa shape index (κ1) is 31.7. The SMILES string of the molecule is O=C(O)OC1CCCC2C3NC4NC(NC5NC(NC6NC(NC(N3)C12)C1CCCCC61)C1CCCCC51)C1CCCCC41.[Co]. The van der Waals surface area contributed by atoms with Crippen molar-refractivity contribution in [1.82, 2.24) is 42.5 Å². The molecular weight excluding hydrogens is 615 g/mol. The molecule has 5 aliphatic heterocycles. The monoisotopic (exact) mass is 671 g/mol. The normalized spacial score (nSPS) is 53.7. The minimum atomic E-state index is -1.14. The number of rotatable bonds is 1. The minimum absolute atomic E-state index is 0. The Hall–Kier alpha value is -0.544. The summed E-state index contributed by atoms with van der Waals surface area (Å²) in [5, 5.41) is 42.7. The molecular formula is C33H56CoN8O3. The first-order valence-corrected chi connectivity index (χ1v) is 18.6. The number of carboxylic acid groups (broad SMARTS) is 1. The van der Waals surface area contributed by atoms with Gasteiger partial charge in [-0.15, -0.1) is 0 Å². The van der Waals surface area contributed by atoms with Crippen LogP contribution in [-0.4, -0.2) is 66.7 Å². The van der Waals surface area contributed by atoms with Gasteiger partial charge >= 0.3 is 6.16 Å². The molecule has 17 unspecified atom stereocenters. The van der Waals surface area contributed by atoms with E-state index in [1.165, 1.54) is 77.0 Å². The summed E-state index contributed by atoms with van der Waals surface area (Å²) in [4.78, 5) is 11.8. The molecule has 12 heteroatoms. The Bertz CT molecular complexity index is 1070. The fourth-order valence-corrected chi connectivity index (χ4v) is 12.3. The molecule has 9 N–H and O–H groups in total. The zero-order chi connectivity index (χ0) is 29.4. The number of ether oxygens (including phenoxy) is 1. The first-order valence-electron chi connectivity index (χ1n) is 18.6. The fourth-order valence-electron chi connectivity index (χ4n) is 12.3. The molecule has 4 saturated carbocycles. The van der Waals surface area contributed by atoms with Crippen molar-refractivity contribution in [3.05, 3.63) is 0 Å². The summed E-state index contributed by atoms with van der Waals surface area (Å²) in [6.45, 7) is 0. The minimum Gasteiger partial charge on any atom is -0.450 e. The van der Waals surface area contributed by atoms with Crippen molar-refractivity contribution in [3.63, 3.8) is 0 Å². The molecule has 0 aromatic carbocycles. The van der Waals surface area contributed by atoms with Gasteiger partial charge in [0.05, 0.1) is 49.3 Å². The van der Waals surface area contributed by atoms with Crippen LogP contribution in [0, 0.1) is 47.3 Å². The molecule has 17 atom stereocenters. The van der Waals surface area contributed by atoms with Crippen molar-refractivity contribution in [2.24, 2.45) is 47.3 Å². The zero-order valence-electron chi connectivity index (χ0n) is 26.5. The van der Waals surface area contributed by atoms with Gasteiger partial charge in [-0.2, -0.15) is 0 Å². The number of fused-ring (bicyclic) bond motifs is 20. The molecule has 5 heterocycles. The number of hydrogen-bond acceptors (Lipinski definition) is 10. The third-order valence-corrected chi connectivity index (χ3v) is 14.1. The van der Waals surface area contributed by atoms with Gasteiger partial charge < -0.3 is 9.84 Å². The fraction of sp³-hybridized carbons (Fsp3) is 0.970. The van der Waals surface area contributed by atoms with Crippen LogP contribution in [-0.2, 0) is 21.5 Å². The summed E-state index contributed by atoms with van der Waals surface area (Å²) in [5.74, 6) is 4.21. The smallest absolute Gasteiger partial charge is 0.450 e. The van der Waals surface area contributed by atoms with Gasteiger partial charge in [-0.25, -0.2) is 4.79 Å². The van der Waals surface area contributed by atoms with Crippen LogP contribution in [0.2, 0.25) is 0 Å². The van der Waals surface area contributed by atoms with Gasteiger partial charge in [0.15, 0.2) is 0 Å². The van der Waals surface area contributed by atoms with Gasteiger partial charge in [0.25, 0.3) is 0 Å². The standard InChI is InChI=1S/C33H56N8O3.Co/c42-33(43)44-23-15-7-14-22-24(23)32-40-30-21-13-6-5-12-20(21)28(38-30)36-26-17-9-2-1-8-16(17)25(34-26)35-27-18-10-3-4-11-19(18)29(37-27)39-31(22)41-32;/h16-32,34-41H,1-15H2,(H,42,43);. The van der Waals surface area contributed by atoms with Crippen molar-refractivity contribution in [2.75, 3.05) is 0 Å². The van der Waals surface area contributed by atoms with Gasteiger partial charge in [-0.1, -0.05) is 38.5 Å². The summed E-state index contributed by atoms with van der Waals surface area (Å²) in [7, 11) is 0. The van der Waals surface area contributed by atoms with Crippen LogP contribution in [0.3, 0.4) is 0 Å². The molecule has 0 aromatic heterocycles. The molecule has 0 spiro atoms. The Labute approximate surface area is 278 Å². The summed E-state index contributed by atoms with van der Waals surface area (Å²) in [6, 6.07) is 0. The molecule has 8 bridgehead atoms. The Kier molecular flexibility index (Phi) is 9.20. The molecule has 255 valence electrons. The van der Waals surface area contributed by atoms with E-state index in [4.69, 9.17) is 4.74 Å². The topological polar surface area (TPSA) is 143 Å². The van der Waals surface area contributed by atoms with Crippen molar-refractivity contribution < 1.29 is 31.4 Å². The van der Waals surface area contributed by atoms with Gasteiger partial charge in [0.2, 0.25) is 0 Å². The molecule has 9 aliphatic rings. The van der Waals surface area contributed by atoms with Gasteiger partial charge in [-0.3, -0.25) is 42.5 Å². The van der Waals surface area contributed by atoms with Crippen LogP contribution in [0.4, 0.5) is 4.79 Å². The van der Waals surface area contributed by atoms with Crippen LogP contribution in [0.5, 0.6) is 0 Å². The Morgan fingerprint density at radius 2 is 0.711 bits per heavy atom. The average Bonchev–Trinajstić information content (AvgIpc) is 3.77. The molecule has 11 nitrogen and oxygen atoms in total. The van der Waals surface area contributed by atoms with Crippen molar-refractivity contribution in [1.29, 1.82) is 0 Å². The van der Waals surface area contributed by atoms with Crippen molar-refractivity contribution in [2.45, 2.75) is 152 Å². The van der Waals surface area contributed by atoms with Crippen molar-refractivity contribution >= 4 is 6.16 Å². The van der Waals surface area contributed by atoms with E-state index in [2.05, 4.69) is 42.5 Å². The molecule has 45 heavy (non-hydrogen) atoms. The Morgan fingerprint density at radius 3 is 1.04 bits per heavy atom. The third-order valence-electron chi connectivity index (χ3n) is 14.1. The Balaban J connectivity index is 0.00000300. The molecule has 9 rings (SSSR count).